The lowest BCUT2D eigenvalue weighted by Crippen LogP contribution is -2.38. The van der Waals surface area contributed by atoms with Gasteiger partial charge in [0.05, 0.1) is 0 Å². The molecule has 1 unspecified atom stereocenters. The van der Waals surface area contributed by atoms with E-state index in [9.17, 15) is 4.79 Å². The number of hydrogen-bond donors (Lipinski definition) is 1. The van der Waals surface area contributed by atoms with Gasteiger partial charge in [0.1, 0.15) is 0 Å². The highest BCUT2D eigenvalue weighted by Gasteiger charge is 2.14. The van der Waals surface area contributed by atoms with Crippen molar-refractivity contribution in [2.24, 2.45) is 0 Å². The van der Waals surface area contributed by atoms with Crippen molar-refractivity contribution >= 4 is 17.5 Å². The van der Waals surface area contributed by atoms with Crippen molar-refractivity contribution in [2.45, 2.75) is 12.5 Å². The second-order valence-electron chi connectivity index (χ2n) is 2.50. The summed E-state index contributed by atoms with van der Waals surface area (Å²) >= 11 is 1.87. The number of thioether (sulfide) groups is 1. The molecule has 2 nitrogen and oxygen atoms in total. The molecule has 1 heterocycles. The van der Waals surface area contributed by atoms with E-state index in [-0.39, 0.29) is 5.78 Å². The van der Waals surface area contributed by atoms with Crippen LogP contribution in [0.15, 0.2) is 0 Å². The normalized spacial score (nSPS) is 24.1. The summed E-state index contributed by atoms with van der Waals surface area (Å²) in [6, 6.07) is 0.303. The summed E-state index contributed by atoms with van der Waals surface area (Å²) in [5.74, 6) is 4.18. The van der Waals surface area contributed by atoms with Crippen LogP contribution in [0.1, 0.15) is 6.42 Å². The summed E-state index contributed by atoms with van der Waals surface area (Å²) in [7, 11) is 0. The summed E-state index contributed by atoms with van der Waals surface area (Å²) in [6.45, 7) is 0.993. The van der Waals surface area contributed by atoms with Crippen LogP contribution in [0, 0.1) is 12.3 Å². The van der Waals surface area contributed by atoms with Crippen molar-refractivity contribution in [3.05, 3.63) is 0 Å². The third kappa shape index (κ3) is 2.96. The van der Waals surface area contributed by atoms with Crippen molar-refractivity contribution in [1.82, 2.24) is 5.32 Å². The molecule has 0 aromatic carbocycles. The Bertz CT molecular complexity index is 179. The summed E-state index contributed by atoms with van der Waals surface area (Å²) in [6.07, 6.45) is 5.44. The van der Waals surface area contributed by atoms with Gasteiger partial charge in [-0.25, -0.2) is 0 Å². The van der Waals surface area contributed by atoms with Crippen molar-refractivity contribution < 1.29 is 4.79 Å². The van der Waals surface area contributed by atoms with Crippen LogP contribution in [0.25, 0.3) is 0 Å². The molecule has 0 saturated carbocycles. The molecule has 1 saturated heterocycles. The van der Waals surface area contributed by atoms with E-state index < -0.39 is 0 Å². The highest BCUT2D eigenvalue weighted by molar-refractivity contribution is 7.99. The first-order chi connectivity index (χ1) is 5.33. The molecule has 1 aliphatic rings. The molecule has 1 N–H and O–H groups in total. The van der Waals surface area contributed by atoms with Gasteiger partial charge in [0.15, 0.2) is 0 Å². The fourth-order valence-electron chi connectivity index (χ4n) is 1.03. The maximum Gasteiger partial charge on any atom is 0.206 e. The number of terminal acetylenes is 1. The third-order valence-electron chi connectivity index (χ3n) is 1.59. The fourth-order valence-corrected chi connectivity index (χ4v) is 1.98. The van der Waals surface area contributed by atoms with Crippen LogP contribution in [-0.2, 0) is 4.79 Å². The van der Waals surface area contributed by atoms with Crippen LogP contribution in [0.5, 0.6) is 0 Å². The van der Waals surface area contributed by atoms with Crippen LogP contribution in [-0.4, -0.2) is 29.9 Å². The van der Waals surface area contributed by atoms with Crippen molar-refractivity contribution in [3.8, 4) is 12.3 Å². The van der Waals surface area contributed by atoms with Crippen LogP contribution in [0.2, 0.25) is 0 Å². The first-order valence-electron chi connectivity index (χ1n) is 3.63. The Kier molecular flexibility index (Phi) is 3.47. The molecule has 0 spiro atoms. The Morgan fingerprint density at radius 3 is 3.18 bits per heavy atom. The number of rotatable bonds is 2. The van der Waals surface area contributed by atoms with E-state index in [0.717, 1.165) is 18.1 Å². The van der Waals surface area contributed by atoms with Crippen molar-refractivity contribution in [2.75, 3.05) is 18.1 Å². The standard InChI is InChI=1S/C8H11NOS/c1-2-8(10)5-7-6-11-4-3-9-7/h1,7,9H,3-6H2. The van der Waals surface area contributed by atoms with Crippen LogP contribution < -0.4 is 5.32 Å². The van der Waals surface area contributed by atoms with E-state index >= 15 is 0 Å². The number of nitrogens with one attached hydrogen (secondary N) is 1. The number of carbonyl (C=O) groups is 1. The van der Waals surface area contributed by atoms with E-state index in [1.54, 1.807) is 0 Å². The Balaban J connectivity index is 2.25. The summed E-state index contributed by atoms with van der Waals surface area (Å²) in [5.41, 5.74) is 0. The SMILES string of the molecule is C#CC(=O)CC1CSCCN1. The molecule has 11 heavy (non-hydrogen) atoms. The average molecular weight is 169 g/mol. The van der Waals surface area contributed by atoms with Crippen LogP contribution >= 0.6 is 11.8 Å². The molecular formula is C8H11NOS. The molecule has 0 aromatic heterocycles. The molecule has 1 fully saturated rings. The topological polar surface area (TPSA) is 29.1 Å². The average Bonchev–Trinajstić information content (AvgIpc) is 2.06. The van der Waals surface area contributed by atoms with E-state index in [1.165, 1.54) is 0 Å². The van der Waals surface area contributed by atoms with Crippen molar-refractivity contribution in [1.29, 1.82) is 0 Å². The summed E-state index contributed by atoms with van der Waals surface area (Å²) in [5, 5.41) is 3.25. The lowest BCUT2D eigenvalue weighted by atomic mass is 10.1. The van der Waals surface area contributed by atoms with E-state index in [4.69, 9.17) is 6.42 Å². The minimum Gasteiger partial charge on any atom is -0.312 e. The van der Waals surface area contributed by atoms with Crippen LogP contribution in [0.3, 0.4) is 0 Å². The molecule has 0 aromatic rings. The van der Waals surface area contributed by atoms with E-state index in [1.807, 2.05) is 11.8 Å². The molecule has 0 bridgehead atoms. The Labute approximate surface area is 71.1 Å². The smallest absolute Gasteiger partial charge is 0.206 e. The lowest BCUT2D eigenvalue weighted by molar-refractivity contribution is -0.114. The molecule has 1 aliphatic heterocycles. The molecule has 1 atom stereocenters. The monoisotopic (exact) mass is 169 g/mol. The summed E-state index contributed by atoms with van der Waals surface area (Å²) < 4.78 is 0. The van der Waals surface area contributed by atoms with E-state index in [2.05, 4.69) is 11.2 Å². The molecule has 60 valence electrons. The van der Waals surface area contributed by atoms with E-state index in [0.29, 0.717) is 12.5 Å². The largest absolute Gasteiger partial charge is 0.312 e. The zero-order chi connectivity index (χ0) is 8.10. The first-order valence-corrected chi connectivity index (χ1v) is 4.79. The highest BCUT2D eigenvalue weighted by Crippen LogP contribution is 2.09. The molecule has 0 amide bonds. The number of carbonyl (C=O) groups excluding carboxylic acids is 1. The van der Waals surface area contributed by atoms with Gasteiger partial charge in [0, 0.05) is 30.5 Å². The predicted molar refractivity (Wildman–Crippen MR) is 47.6 cm³/mol. The Morgan fingerprint density at radius 1 is 1.82 bits per heavy atom. The van der Waals surface area contributed by atoms with Gasteiger partial charge in [-0.3, -0.25) is 4.79 Å². The molecular weight excluding hydrogens is 158 g/mol. The number of hydrogen-bond acceptors (Lipinski definition) is 3. The minimum atomic E-state index is -0.0926. The minimum absolute atomic E-state index is 0.0926. The Morgan fingerprint density at radius 2 is 2.64 bits per heavy atom. The third-order valence-corrected chi connectivity index (χ3v) is 2.72. The second-order valence-corrected chi connectivity index (χ2v) is 3.65. The van der Waals surface area contributed by atoms with Gasteiger partial charge in [0.2, 0.25) is 5.78 Å². The van der Waals surface area contributed by atoms with Gasteiger partial charge in [-0.1, -0.05) is 0 Å². The summed E-state index contributed by atoms with van der Waals surface area (Å²) in [4.78, 5) is 10.8. The van der Waals surface area contributed by atoms with Gasteiger partial charge in [-0.2, -0.15) is 11.8 Å². The zero-order valence-corrected chi connectivity index (χ0v) is 7.12. The van der Waals surface area contributed by atoms with Gasteiger partial charge < -0.3 is 5.32 Å². The second kappa shape index (κ2) is 4.42. The lowest BCUT2D eigenvalue weighted by Gasteiger charge is -2.21. The maximum absolute atomic E-state index is 10.8. The van der Waals surface area contributed by atoms with Gasteiger partial charge >= 0.3 is 0 Å². The van der Waals surface area contributed by atoms with Gasteiger partial charge in [-0.05, 0) is 5.92 Å². The van der Waals surface area contributed by atoms with Crippen molar-refractivity contribution in [3.63, 3.8) is 0 Å². The zero-order valence-electron chi connectivity index (χ0n) is 6.30. The maximum atomic E-state index is 10.8. The van der Waals surface area contributed by atoms with Gasteiger partial charge in [-0.15, -0.1) is 6.42 Å². The first kappa shape index (κ1) is 8.63. The predicted octanol–water partition coefficient (Wildman–Crippen LogP) is 0.284. The molecule has 0 radical (unpaired) electrons. The fraction of sp³-hybridized carbons (Fsp3) is 0.625. The number of ketones is 1. The molecule has 3 heteroatoms. The molecule has 0 aliphatic carbocycles. The highest BCUT2D eigenvalue weighted by atomic mass is 32.2. The number of Topliss-reactive ketones (excluding diaryl/α,β-unsaturated/α-hetero) is 1. The van der Waals surface area contributed by atoms with Crippen LogP contribution in [0.4, 0.5) is 0 Å². The molecule has 1 rings (SSSR count). The Hall–Kier alpha value is -0.460. The quantitative estimate of drug-likeness (QED) is 0.475. The van der Waals surface area contributed by atoms with Gasteiger partial charge in [0.25, 0.3) is 0 Å².